The van der Waals surface area contributed by atoms with Gasteiger partial charge in [0.15, 0.2) is 0 Å². The van der Waals surface area contributed by atoms with Gasteiger partial charge in [0.25, 0.3) is 0 Å². The van der Waals surface area contributed by atoms with Crippen molar-refractivity contribution in [2.75, 3.05) is 13.7 Å². The molecule has 0 radical (unpaired) electrons. The monoisotopic (exact) mass is 386 g/mol. The molecule has 0 aliphatic heterocycles. The quantitative estimate of drug-likeness (QED) is 0.786. The minimum Gasteiger partial charge on any atom is -0.497 e. The number of methoxy groups -OCH3 is 1. The second kappa shape index (κ2) is 8.25. The number of nitrogens with zero attached hydrogens (tertiary/aromatic N) is 2. The summed E-state index contributed by atoms with van der Waals surface area (Å²) in [6.45, 7) is 6.48. The van der Waals surface area contributed by atoms with E-state index in [4.69, 9.17) is 9.47 Å². The van der Waals surface area contributed by atoms with Gasteiger partial charge in [0.1, 0.15) is 5.75 Å². The van der Waals surface area contributed by atoms with Crippen molar-refractivity contribution in [1.82, 2.24) is 9.88 Å². The number of aromatic nitrogens is 1. The number of hydrogen-bond donors (Lipinski definition) is 1. The van der Waals surface area contributed by atoms with Crippen molar-refractivity contribution in [3.63, 3.8) is 0 Å². The minimum absolute atomic E-state index is 0.0857. The van der Waals surface area contributed by atoms with E-state index in [1.165, 1.54) is 0 Å². The van der Waals surface area contributed by atoms with Crippen LogP contribution in [-0.2, 0) is 0 Å². The summed E-state index contributed by atoms with van der Waals surface area (Å²) in [4.78, 5) is 17.9. The Hall–Kier alpha value is -2.50. The van der Waals surface area contributed by atoms with Crippen LogP contribution in [0.3, 0.4) is 0 Å². The van der Waals surface area contributed by atoms with Gasteiger partial charge in [-0.1, -0.05) is 0 Å². The zero-order valence-corrected chi connectivity index (χ0v) is 17.1. The van der Waals surface area contributed by atoms with Crippen molar-refractivity contribution < 1.29 is 19.4 Å². The Bertz CT molecular complexity index is 823. The number of amides is 1. The average molecular weight is 386 g/mol. The highest BCUT2D eigenvalue weighted by atomic mass is 16.5. The fraction of sp³-hybridized carbons (Fsp3) is 0.545. The van der Waals surface area contributed by atoms with E-state index >= 15 is 0 Å². The van der Waals surface area contributed by atoms with Crippen LogP contribution in [0.2, 0.25) is 0 Å². The highest BCUT2D eigenvalue weighted by molar-refractivity contribution is 5.80. The molecular weight excluding hydrogens is 356 g/mol. The predicted molar refractivity (Wildman–Crippen MR) is 109 cm³/mol. The van der Waals surface area contributed by atoms with Gasteiger partial charge in [-0.25, -0.2) is 9.78 Å². The SMILES string of the molecule is COc1ccc2nc(OCC3CCC(N(C(=O)O)C(C)(C)C)CC3)ccc2c1. The van der Waals surface area contributed by atoms with Crippen LogP contribution < -0.4 is 9.47 Å². The van der Waals surface area contributed by atoms with Crippen molar-refractivity contribution in [2.24, 2.45) is 5.92 Å². The molecule has 1 saturated carbocycles. The Kier molecular flexibility index (Phi) is 5.96. The molecule has 28 heavy (non-hydrogen) atoms. The van der Waals surface area contributed by atoms with Gasteiger partial charge in [-0.15, -0.1) is 0 Å². The van der Waals surface area contributed by atoms with Gasteiger partial charge in [-0.3, -0.25) is 0 Å². The first-order valence-corrected chi connectivity index (χ1v) is 9.88. The normalized spacial score (nSPS) is 20.0. The van der Waals surface area contributed by atoms with Crippen molar-refractivity contribution in [1.29, 1.82) is 0 Å². The largest absolute Gasteiger partial charge is 0.497 e. The molecule has 1 heterocycles. The van der Waals surface area contributed by atoms with Crippen molar-refractivity contribution >= 4 is 17.0 Å². The van der Waals surface area contributed by atoms with Crippen LogP contribution in [0, 0.1) is 5.92 Å². The fourth-order valence-corrected chi connectivity index (χ4v) is 4.06. The lowest BCUT2D eigenvalue weighted by Crippen LogP contribution is -2.52. The molecule has 1 N–H and O–H groups in total. The van der Waals surface area contributed by atoms with Gasteiger partial charge in [0.2, 0.25) is 5.88 Å². The van der Waals surface area contributed by atoms with Crippen molar-refractivity contribution in [3.8, 4) is 11.6 Å². The summed E-state index contributed by atoms with van der Waals surface area (Å²) in [7, 11) is 1.65. The van der Waals surface area contributed by atoms with Gasteiger partial charge >= 0.3 is 6.09 Å². The topological polar surface area (TPSA) is 71.9 Å². The van der Waals surface area contributed by atoms with E-state index in [0.29, 0.717) is 18.4 Å². The van der Waals surface area contributed by atoms with Crippen LogP contribution >= 0.6 is 0 Å². The van der Waals surface area contributed by atoms with E-state index in [9.17, 15) is 9.90 Å². The third kappa shape index (κ3) is 4.66. The maximum atomic E-state index is 11.7. The molecule has 3 rings (SSSR count). The van der Waals surface area contributed by atoms with E-state index in [0.717, 1.165) is 42.3 Å². The first kappa shape index (κ1) is 20.2. The average Bonchev–Trinajstić information content (AvgIpc) is 2.65. The van der Waals surface area contributed by atoms with Gasteiger partial charge in [-0.05, 0) is 76.6 Å². The molecule has 1 amide bonds. The molecule has 0 spiro atoms. The smallest absolute Gasteiger partial charge is 0.407 e. The molecular formula is C22H30N2O4. The summed E-state index contributed by atoms with van der Waals surface area (Å²) in [5, 5.41) is 10.6. The third-order valence-corrected chi connectivity index (χ3v) is 5.45. The Morgan fingerprint density at radius 2 is 1.89 bits per heavy atom. The zero-order valence-electron chi connectivity index (χ0n) is 17.1. The third-order valence-electron chi connectivity index (χ3n) is 5.45. The van der Waals surface area contributed by atoms with E-state index in [-0.39, 0.29) is 11.6 Å². The molecule has 0 saturated heterocycles. The molecule has 152 valence electrons. The van der Waals surface area contributed by atoms with Crippen LogP contribution in [0.15, 0.2) is 30.3 Å². The van der Waals surface area contributed by atoms with Gasteiger partial charge < -0.3 is 19.5 Å². The molecule has 1 fully saturated rings. The highest BCUT2D eigenvalue weighted by Crippen LogP contribution is 2.32. The molecule has 2 aromatic rings. The Morgan fingerprint density at radius 1 is 1.18 bits per heavy atom. The van der Waals surface area contributed by atoms with E-state index in [2.05, 4.69) is 4.98 Å². The first-order chi connectivity index (χ1) is 13.3. The van der Waals surface area contributed by atoms with E-state index < -0.39 is 6.09 Å². The number of pyridine rings is 1. The second-order valence-electron chi connectivity index (χ2n) is 8.52. The lowest BCUT2D eigenvalue weighted by molar-refractivity contribution is 0.0459. The number of hydrogen-bond acceptors (Lipinski definition) is 4. The Labute approximate surface area is 166 Å². The molecule has 0 bridgehead atoms. The van der Waals surface area contributed by atoms with Crippen LogP contribution in [0.1, 0.15) is 46.5 Å². The number of ether oxygens (including phenoxy) is 2. The molecule has 0 atom stereocenters. The summed E-state index contributed by atoms with van der Waals surface area (Å²) in [5.74, 6) is 1.87. The molecule has 1 aromatic heterocycles. The maximum Gasteiger partial charge on any atom is 0.407 e. The summed E-state index contributed by atoms with van der Waals surface area (Å²) < 4.78 is 11.2. The summed E-state index contributed by atoms with van der Waals surface area (Å²) in [6.07, 6.45) is 2.86. The zero-order chi connectivity index (χ0) is 20.3. The maximum absolute atomic E-state index is 11.7. The number of fused-ring (bicyclic) bond motifs is 1. The molecule has 1 aliphatic carbocycles. The van der Waals surface area contributed by atoms with Crippen LogP contribution in [-0.4, -0.2) is 46.4 Å². The fourth-order valence-electron chi connectivity index (χ4n) is 4.06. The van der Waals surface area contributed by atoms with Gasteiger partial charge in [0, 0.05) is 23.0 Å². The molecule has 6 heteroatoms. The number of benzene rings is 1. The summed E-state index contributed by atoms with van der Waals surface area (Å²) in [5.41, 5.74) is 0.502. The molecule has 0 unspecified atom stereocenters. The number of rotatable bonds is 5. The highest BCUT2D eigenvalue weighted by Gasteiger charge is 2.35. The van der Waals surface area contributed by atoms with Crippen molar-refractivity contribution in [3.05, 3.63) is 30.3 Å². The molecule has 1 aromatic carbocycles. The second-order valence-corrected chi connectivity index (χ2v) is 8.52. The van der Waals surface area contributed by atoms with Gasteiger partial charge in [-0.2, -0.15) is 0 Å². The summed E-state index contributed by atoms with van der Waals surface area (Å²) >= 11 is 0. The first-order valence-electron chi connectivity index (χ1n) is 9.88. The molecule has 6 nitrogen and oxygen atoms in total. The van der Waals surface area contributed by atoms with E-state index in [1.807, 2.05) is 51.1 Å². The number of carbonyl (C=O) groups is 1. The minimum atomic E-state index is -0.829. The summed E-state index contributed by atoms with van der Waals surface area (Å²) in [6, 6.07) is 9.74. The molecule has 1 aliphatic rings. The van der Waals surface area contributed by atoms with Gasteiger partial charge in [0.05, 0.1) is 19.2 Å². The Balaban J connectivity index is 1.55. The van der Waals surface area contributed by atoms with Crippen LogP contribution in [0.25, 0.3) is 10.9 Å². The lowest BCUT2D eigenvalue weighted by atomic mass is 9.84. The standard InChI is InChI=1S/C22H30N2O4/c1-22(2,3)24(21(25)26)17-8-5-15(6-9-17)14-28-20-12-7-16-13-18(27-4)10-11-19(16)23-20/h7,10-13,15,17H,5-6,8-9,14H2,1-4H3,(H,25,26). The van der Waals surface area contributed by atoms with E-state index in [1.54, 1.807) is 12.0 Å². The lowest BCUT2D eigenvalue weighted by Gasteiger charge is -2.42. The Morgan fingerprint density at radius 3 is 2.50 bits per heavy atom. The predicted octanol–water partition coefficient (Wildman–Crippen LogP) is 4.96. The van der Waals surface area contributed by atoms with Crippen LogP contribution in [0.5, 0.6) is 11.6 Å². The van der Waals surface area contributed by atoms with Crippen LogP contribution in [0.4, 0.5) is 4.79 Å². The number of carboxylic acid groups (broad SMARTS) is 1. The van der Waals surface area contributed by atoms with Crippen molar-refractivity contribution in [2.45, 2.75) is 58.0 Å².